The number of benzene rings is 1. The third-order valence-corrected chi connectivity index (χ3v) is 3.57. The van der Waals surface area contributed by atoms with Gasteiger partial charge in [-0.15, -0.1) is 0 Å². The lowest BCUT2D eigenvalue weighted by molar-refractivity contribution is 0.102. The second kappa shape index (κ2) is 7.09. The molecule has 0 aliphatic carbocycles. The molecule has 2 aromatic rings. The van der Waals surface area contributed by atoms with Crippen LogP contribution in [0.2, 0.25) is 5.02 Å². The highest BCUT2D eigenvalue weighted by molar-refractivity contribution is 6.34. The standard InChI is InChI=1S/C16H18ClN3O/c1-3-20(4-2)12-9-10-15(18-11-12)19-16(21)13-7-5-6-8-14(13)17/h5-11H,3-4H2,1-2H3,(H,18,19,21). The minimum absolute atomic E-state index is 0.260. The largest absolute Gasteiger partial charge is 0.371 e. The molecule has 0 fully saturated rings. The summed E-state index contributed by atoms with van der Waals surface area (Å²) >= 11 is 6.00. The van der Waals surface area contributed by atoms with Crippen LogP contribution in [0.25, 0.3) is 0 Å². The number of carbonyl (C=O) groups is 1. The topological polar surface area (TPSA) is 45.2 Å². The van der Waals surface area contributed by atoms with E-state index in [2.05, 4.69) is 29.0 Å². The number of pyridine rings is 1. The van der Waals surface area contributed by atoms with Crippen LogP contribution in [0.15, 0.2) is 42.6 Å². The van der Waals surface area contributed by atoms with E-state index in [9.17, 15) is 4.79 Å². The molecule has 0 atom stereocenters. The summed E-state index contributed by atoms with van der Waals surface area (Å²) in [5.41, 5.74) is 1.48. The Bertz CT molecular complexity index is 609. The summed E-state index contributed by atoms with van der Waals surface area (Å²) in [4.78, 5) is 18.6. The zero-order chi connectivity index (χ0) is 15.2. The molecule has 2 rings (SSSR count). The molecule has 5 heteroatoms. The zero-order valence-corrected chi connectivity index (χ0v) is 12.9. The lowest BCUT2D eigenvalue weighted by Crippen LogP contribution is -2.22. The summed E-state index contributed by atoms with van der Waals surface area (Å²) in [7, 11) is 0. The van der Waals surface area contributed by atoms with E-state index in [1.54, 1.807) is 36.5 Å². The molecular formula is C16H18ClN3O. The molecule has 1 amide bonds. The zero-order valence-electron chi connectivity index (χ0n) is 12.1. The first kappa shape index (κ1) is 15.3. The average molecular weight is 304 g/mol. The predicted octanol–water partition coefficient (Wildman–Crippen LogP) is 3.83. The summed E-state index contributed by atoms with van der Waals surface area (Å²) in [5.74, 6) is 0.250. The van der Waals surface area contributed by atoms with Crippen molar-refractivity contribution in [2.45, 2.75) is 13.8 Å². The minimum Gasteiger partial charge on any atom is -0.371 e. The van der Waals surface area contributed by atoms with Crippen LogP contribution in [0.1, 0.15) is 24.2 Å². The fourth-order valence-electron chi connectivity index (χ4n) is 2.06. The van der Waals surface area contributed by atoms with E-state index < -0.39 is 0 Å². The third-order valence-electron chi connectivity index (χ3n) is 3.24. The van der Waals surface area contributed by atoms with Crippen LogP contribution in [0.4, 0.5) is 11.5 Å². The Balaban J connectivity index is 2.10. The second-order valence-electron chi connectivity index (χ2n) is 4.51. The van der Waals surface area contributed by atoms with Crippen LogP contribution in [0.3, 0.4) is 0 Å². The van der Waals surface area contributed by atoms with Gasteiger partial charge < -0.3 is 10.2 Å². The number of halogens is 1. The number of nitrogens with one attached hydrogen (secondary N) is 1. The third kappa shape index (κ3) is 3.73. The van der Waals surface area contributed by atoms with E-state index in [1.165, 1.54) is 0 Å². The molecule has 0 saturated carbocycles. The number of hydrogen-bond acceptors (Lipinski definition) is 3. The summed E-state index contributed by atoms with van der Waals surface area (Å²) in [6, 6.07) is 10.7. The van der Waals surface area contributed by atoms with Crippen LogP contribution >= 0.6 is 11.6 Å². The molecule has 110 valence electrons. The molecule has 1 aromatic carbocycles. The van der Waals surface area contributed by atoms with E-state index in [4.69, 9.17) is 11.6 Å². The summed E-state index contributed by atoms with van der Waals surface area (Å²) in [5, 5.41) is 3.17. The van der Waals surface area contributed by atoms with Gasteiger partial charge in [0, 0.05) is 13.1 Å². The smallest absolute Gasteiger partial charge is 0.258 e. The molecule has 0 radical (unpaired) electrons. The Labute approximate surface area is 129 Å². The van der Waals surface area contributed by atoms with Gasteiger partial charge >= 0.3 is 0 Å². The van der Waals surface area contributed by atoms with Gasteiger partial charge in [0.25, 0.3) is 5.91 Å². The molecule has 4 nitrogen and oxygen atoms in total. The molecule has 0 bridgehead atoms. The number of rotatable bonds is 5. The second-order valence-corrected chi connectivity index (χ2v) is 4.92. The summed E-state index contributed by atoms with van der Waals surface area (Å²) < 4.78 is 0. The predicted molar refractivity (Wildman–Crippen MR) is 87.2 cm³/mol. The van der Waals surface area contributed by atoms with Crippen LogP contribution in [0.5, 0.6) is 0 Å². The number of hydrogen-bond donors (Lipinski definition) is 1. The average Bonchev–Trinajstić information content (AvgIpc) is 2.50. The van der Waals surface area contributed by atoms with E-state index in [-0.39, 0.29) is 5.91 Å². The van der Waals surface area contributed by atoms with Crippen LogP contribution < -0.4 is 10.2 Å². The quantitative estimate of drug-likeness (QED) is 0.913. The van der Waals surface area contributed by atoms with E-state index >= 15 is 0 Å². The Morgan fingerprint density at radius 2 is 1.90 bits per heavy atom. The fourth-order valence-corrected chi connectivity index (χ4v) is 2.29. The Morgan fingerprint density at radius 1 is 1.19 bits per heavy atom. The van der Waals surface area contributed by atoms with Crippen molar-refractivity contribution in [1.82, 2.24) is 4.98 Å². The summed E-state index contributed by atoms with van der Waals surface area (Å²) in [6.45, 7) is 6.03. The van der Waals surface area contributed by atoms with Crippen molar-refractivity contribution in [2.75, 3.05) is 23.3 Å². The van der Waals surface area contributed by atoms with Gasteiger partial charge in [-0.1, -0.05) is 23.7 Å². The van der Waals surface area contributed by atoms with E-state index in [1.807, 2.05) is 6.07 Å². The van der Waals surface area contributed by atoms with Crippen LogP contribution in [0, 0.1) is 0 Å². The van der Waals surface area contributed by atoms with Crippen molar-refractivity contribution < 1.29 is 4.79 Å². The first-order valence-corrected chi connectivity index (χ1v) is 7.30. The van der Waals surface area contributed by atoms with Gasteiger partial charge in [0.05, 0.1) is 22.5 Å². The van der Waals surface area contributed by atoms with Crippen molar-refractivity contribution in [2.24, 2.45) is 0 Å². The van der Waals surface area contributed by atoms with Crippen molar-refractivity contribution in [3.05, 3.63) is 53.2 Å². The van der Waals surface area contributed by atoms with Gasteiger partial charge in [-0.2, -0.15) is 0 Å². The Hall–Kier alpha value is -2.07. The summed E-state index contributed by atoms with van der Waals surface area (Å²) in [6.07, 6.45) is 1.76. The molecule has 1 N–H and O–H groups in total. The van der Waals surface area contributed by atoms with Crippen molar-refractivity contribution in [3.8, 4) is 0 Å². The molecule has 0 saturated heterocycles. The fraction of sp³-hybridized carbons (Fsp3) is 0.250. The van der Waals surface area contributed by atoms with Gasteiger partial charge in [0.1, 0.15) is 5.82 Å². The van der Waals surface area contributed by atoms with Gasteiger partial charge in [-0.3, -0.25) is 4.79 Å². The molecule has 0 aliphatic rings. The number of anilines is 2. The highest BCUT2D eigenvalue weighted by Gasteiger charge is 2.10. The van der Waals surface area contributed by atoms with Gasteiger partial charge in [-0.25, -0.2) is 4.98 Å². The number of aromatic nitrogens is 1. The molecule has 0 aliphatic heterocycles. The van der Waals surface area contributed by atoms with Gasteiger partial charge in [-0.05, 0) is 38.1 Å². The van der Waals surface area contributed by atoms with Gasteiger partial charge in [0.2, 0.25) is 0 Å². The maximum absolute atomic E-state index is 12.1. The van der Waals surface area contributed by atoms with E-state index in [0.29, 0.717) is 16.4 Å². The molecular weight excluding hydrogens is 286 g/mol. The maximum atomic E-state index is 12.1. The maximum Gasteiger partial charge on any atom is 0.258 e. The Morgan fingerprint density at radius 3 is 2.48 bits per heavy atom. The normalized spacial score (nSPS) is 10.2. The first-order chi connectivity index (χ1) is 10.2. The number of nitrogens with zero attached hydrogens (tertiary/aromatic N) is 2. The lowest BCUT2D eigenvalue weighted by atomic mass is 10.2. The molecule has 21 heavy (non-hydrogen) atoms. The highest BCUT2D eigenvalue weighted by Crippen LogP contribution is 2.18. The number of amides is 1. The van der Waals surface area contributed by atoms with Crippen molar-refractivity contribution in [1.29, 1.82) is 0 Å². The van der Waals surface area contributed by atoms with Crippen LogP contribution in [-0.4, -0.2) is 24.0 Å². The van der Waals surface area contributed by atoms with Crippen molar-refractivity contribution >= 4 is 29.0 Å². The first-order valence-electron chi connectivity index (χ1n) is 6.92. The van der Waals surface area contributed by atoms with Crippen molar-refractivity contribution in [3.63, 3.8) is 0 Å². The van der Waals surface area contributed by atoms with E-state index in [0.717, 1.165) is 18.8 Å². The SMILES string of the molecule is CCN(CC)c1ccc(NC(=O)c2ccccc2Cl)nc1. The molecule has 1 aromatic heterocycles. The van der Waals surface area contributed by atoms with Gasteiger partial charge in [0.15, 0.2) is 0 Å². The lowest BCUT2D eigenvalue weighted by Gasteiger charge is -2.20. The Kier molecular flexibility index (Phi) is 5.17. The monoisotopic (exact) mass is 303 g/mol. The minimum atomic E-state index is -0.260. The van der Waals surface area contributed by atoms with Crippen LogP contribution in [-0.2, 0) is 0 Å². The molecule has 0 spiro atoms. The number of carbonyl (C=O) groups excluding carboxylic acids is 1. The highest BCUT2D eigenvalue weighted by atomic mass is 35.5. The molecule has 0 unspecified atom stereocenters. The molecule has 1 heterocycles.